The second-order valence-corrected chi connectivity index (χ2v) is 4.97. The number of methoxy groups -OCH3 is 1. The number of carbonyl (C=O) groups excluding carboxylic acids is 1. The molecule has 2 aromatic carbocycles. The van der Waals surface area contributed by atoms with Crippen LogP contribution in [0, 0.1) is 0 Å². The molecule has 2 rings (SSSR count). The molecule has 0 heterocycles. The predicted molar refractivity (Wildman–Crippen MR) is 83.9 cm³/mol. The summed E-state index contributed by atoms with van der Waals surface area (Å²) < 4.78 is 5.62. The lowest BCUT2D eigenvalue weighted by atomic mass is 10.2. The summed E-state index contributed by atoms with van der Waals surface area (Å²) in [7, 11) is 1.47. The number of nitrogens with one attached hydrogen (secondary N) is 1. The Labute approximate surface area is 130 Å². The van der Waals surface area contributed by atoms with Crippen LogP contribution in [0.25, 0.3) is 0 Å². The second kappa shape index (κ2) is 6.90. The standard InChI is InChI=1S/C15H13BrN2O3/c1-21-14-12(16)7-10(8-13(14)19)9-17-18-15(20)11-5-3-2-4-6-11/h2-9,19H,1H3,(H,18,20). The van der Waals surface area contributed by atoms with Gasteiger partial charge in [0.1, 0.15) is 0 Å². The molecule has 21 heavy (non-hydrogen) atoms. The molecule has 0 aromatic heterocycles. The minimum atomic E-state index is -0.302. The quantitative estimate of drug-likeness (QED) is 0.659. The average Bonchev–Trinajstić information content (AvgIpc) is 2.48. The van der Waals surface area contributed by atoms with E-state index in [1.165, 1.54) is 19.4 Å². The Bertz CT molecular complexity index is 649. The van der Waals surface area contributed by atoms with Crippen LogP contribution in [0.1, 0.15) is 15.9 Å². The molecule has 0 aliphatic rings. The molecular weight excluding hydrogens is 336 g/mol. The molecule has 2 N–H and O–H groups in total. The number of ether oxygens (including phenoxy) is 1. The number of hydrogen-bond donors (Lipinski definition) is 2. The Morgan fingerprint density at radius 3 is 2.67 bits per heavy atom. The Morgan fingerprint density at radius 2 is 2.05 bits per heavy atom. The zero-order valence-electron chi connectivity index (χ0n) is 11.2. The maximum atomic E-state index is 11.8. The van der Waals surface area contributed by atoms with Crippen LogP contribution in [-0.4, -0.2) is 24.3 Å². The molecule has 6 heteroatoms. The van der Waals surface area contributed by atoms with Crippen molar-refractivity contribution < 1.29 is 14.6 Å². The third-order valence-corrected chi connectivity index (χ3v) is 3.26. The molecule has 0 aliphatic heterocycles. The van der Waals surface area contributed by atoms with Gasteiger partial charge in [0.2, 0.25) is 0 Å². The molecule has 2 aromatic rings. The molecule has 1 amide bonds. The number of hydrogen-bond acceptors (Lipinski definition) is 4. The van der Waals surface area contributed by atoms with E-state index in [0.717, 1.165) is 0 Å². The minimum Gasteiger partial charge on any atom is -0.504 e. The highest BCUT2D eigenvalue weighted by atomic mass is 79.9. The number of hydrazone groups is 1. The maximum absolute atomic E-state index is 11.8. The van der Waals surface area contributed by atoms with Gasteiger partial charge in [-0.3, -0.25) is 4.79 Å². The summed E-state index contributed by atoms with van der Waals surface area (Å²) in [5.74, 6) is 0.0341. The van der Waals surface area contributed by atoms with Crippen LogP contribution >= 0.6 is 15.9 Å². The molecule has 0 saturated heterocycles. The van der Waals surface area contributed by atoms with Crippen molar-refractivity contribution in [2.24, 2.45) is 5.10 Å². The predicted octanol–water partition coefficient (Wildman–Crippen LogP) is 2.93. The summed E-state index contributed by atoms with van der Waals surface area (Å²) >= 11 is 3.28. The molecule has 0 bridgehead atoms. The fraction of sp³-hybridized carbons (Fsp3) is 0.0667. The van der Waals surface area contributed by atoms with Crippen molar-refractivity contribution in [3.05, 3.63) is 58.1 Å². The van der Waals surface area contributed by atoms with E-state index in [4.69, 9.17) is 4.74 Å². The lowest BCUT2D eigenvalue weighted by Gasteiger charge is -2.06. The van der Waals surface area contributed by atoms with Crippen LogP contribution in [0.4, 0.5) is 0 Å². The number of phenols is 1. The Balaban J connectivity index is 2.07. The van der Waals surface area contributed by atoms with Gasteiger partial charge in [0.05, 0.1) is 17.8 Å². The smallest absolute Gasteiger partial charge is 0.271 e. The largest absolute Gasteiger partial charge is 0.504 e. The number of rotatable bonds is 4. The van der Waals surface area contributed by atoms with Crippen LogP contribution in [0.2, 0.25) is 0 Å². The van der Waals surface area contributed by atoms with Gasteiger partial charge in [-0.25, -0.2) is 5.43 Å². The monoisotopic (exact) mass is 348 g/mol. The van der Waals surface area contributed by atoms with Crippen molar-refractivity contribution in [2.45, 2.75) is 0 Å². The van der Waals surface area contributed by atoms with E-state index in [-0.39, 0.29) is 11.7 Å². The fourth-order valence-corrected chi connectivity index (χ4v) is 2.32. The highest BCUT2D eigenvalue weighted by Crippen LogP contribution is 2.34. The van der Waals surface area contributed by atoms with Gasteiger partial charge in [-0.05, 0) is 45.8 Å². The van der Waals surface area contributed by atoms with E-state index >= 15 is 0 Å². The van der Waals surface area contributed by atoms with Crippen molar-refractivity contribution in [3.8, 4) is 11.5 Å². The normalized spacial score (nSPS) is 10.6. The number of carbonyl (C=O) groups is 1. The Morgan fingerprint density at radius 1 is 1.33 bits per heavy atom. The van der Waals surface area contributed by atoms with Crippen LogP contribution in [0.5, 0.6) is 11.5 Å². The van der Waals surface area contributed by atoms with Crippen LogP contribution in [0.3, 0.4) is 0 Å². The van der Waals surface area contributed by atoms with E-state index in [1.807, 2.05) is 6.07 Å². The highest BCUT2D eigenvalue weighted by Gasteiger charge is 2.08. The van der Waals surface area contributed by atoms with Gasteiger partial charge in [0.25, 0.3) is 5.91 Å². The number of phenolic OH excluding ortho intramolecular Hbond substituents is 1. The average molecular weight is 349 g/mol. The summed E-state index contributed by atoms with van der Waals surface area (Å²) in [6.45, 7) is 0. The van der Waals surface area contributed by atoms with E-state index in [1.54, 1.807) is 30.3 Å². The van der Waals surface area contributed by atoms with Gasteiger partial charge < -0.3 is 9.84 Å². The van der Waals surface area contributed by atoms with Gasteiger partial charge in [-0.1, -0.05) is 18.2 Å². The molecule has 0 saturated carbocycles. The molecule has 0 spiro atoms. The molecule has 108 valence electrons. The first-order valence-corrected chi connectivity index (χ1v) is 6.86. The van der Waals surface area contributed by atoms with E-state index < -0.39 is 0 Å². The lowest BCUT2D eigenvalue weighted by Crippen LogP contribution is -2.17. The summed E-state index contributed by atoms with van der Waals surface area (Å²) in [6.07, 6.45) is 1.44. The van der Waals surface area contributed by atoms with Crippen LogP contribution in [0.15, 0.2) is 52.0 Å². The third-order valence-electron chi connectivity index (χ3n) is 2.67. The zero-order chi connectivity index (χ0) is 15.2. The fourth-order valence-electron chi connectivity index (χ4n) is 1.70. The van der Waals surface area contributed by atoms with Gasteiger partial charge >= 0.3 is 0 Å². The van der Waals surface area contributed by atoms with E-state index in [9.17, 15) is 9.90 Å². The Kier molecular flexibility index (Phi) is 4.94. The summed E-state index contributed by atoms with van der Waals surface area (Å²) in [5, 5.41) is 13.6. The van der Waals surface area contributed by atoms with Gasteiger partial charge in [-0.2, -0.15) is 5.10 Å². The number of halogens is 1. The first kappa shape index (κ1) is 15.1. The molecule has 0 radical (unpaired) electrons. The number of benzene rings is 2. The van der Waals surface area contributed by atoms with Gasteiger partial charge in [-0.15, -0.1) is 0 Å². The maximum Gasteiger partial charge on any atom is 0.271 e. The molecule has 0 unspecified atom stereocenters. The molecule has 0 aliphatic carbocycles. The lowest BCUT2D eigenvalue weighted by molar-refractivity contribution is 0.0955. The van der Waals surface area contributed by atoms with Crippen molar-refractivity contribution in [1.82, 2.24) is 5.43 Å². The second-order valence-electron chi connectivity index (χ2n) is 4.12. The molecule has 5 nitrogen and oxygen atoms in total. The highest BCUT2D eigenvalue weighted by molar-refractivity contribution is 9.10. The third kappa shape index (κ3) is 3.82. The number of aromatic hydroxyl groups is 1. The van der Waals surface area contributed by atoms with E-state index in [2.05, 4.69) is 26.5 Å². The summed E-state index contributed by atoms with van der Waals surface area (Å²) in [4.78, 5) is 11.8. The van der Waals surface area contributed by atoms with Crippen molar-refractivity contribution in [1.29, 1.82) is 0 Å². The molecule has 0 atom stereocenters. The van der Waals surface area contributed by atoms with Crippen LogP contribution in [-0.2, 0) is 0 Å². The first-order chi connectivity index (χ1) is 10.1. The summed E-state index contributed by atoms with van der Waals surface area (Å²) in [5.41, 5.74) is 3.56. The zero-order valence-corrected chi connectivity index (χ0v) is 12.8. The van der Waals surface area contributed by atoms with Gasteiger partial charge in [0.15, 0.2) is 11.5 Å². The van der Waals surface area contributed by atoms with E-state index in [0.29, 0.717) is 21.3 Å². The minimum absolute atomic E-state index is 0.0114. The number of amides is 1. The first-order valence-electron chi connectivity index (χ1n) is 6.06. The molecular formula is C15H13BrN2O3. The van der Waals surface area contributed by atoms with Gasteiger partial charge in [0, 0.05) is 5.56 Å². The van der Waals surface area contributed by atoms with Crippen molar-refractivity contribution >= 4 is 28.1 Å². The summed E-state index contributed by atoms with van der Waals surface area (Å²) in [6, 6.07) is 12.0. The molecule has 0 fully saturated rings. The number of nitrogens with zero attached hydrogens (tertiary/aromatic N) is 1. The topological polar surface area (TPSA) is 70.9 Å². The van der Waals surface area contributed by atoms with Crippen molar-refractivity contribution in [2.75, 3.05) is 7.11 Å². The SMILES string of the molecule is COc1c(O)cc(C=NNC(=O)c2ccccc2)cc1Br. The van der Waals surface area contributed by atoms with Crippen molar-refractivity contribution in [3.63, 3.8) is 0 Å². The van der Waals surface area contributed by atoms with Crippen LogP contribution < -0.4 is 10.2 Å². The Hall–Kier alpha value is -2.34.